The molecule has 1 aliphatic carbocycles. The lowest BCUT2D eigenvalue weighted by Gasteiger charge is -2.45. The first-order chi connectivity index (χ1) is 14.7. The zero-order valence-electron chi connectivity index (χ0n) is 17.5. The van der Waals surface area contributed by atoms with Crippen LogP contribution in [0.4, 0.5) is 0 Å². The highest BCUT2D eigenvalue weighted by molar-refractivity contribution is 5.15. The predicted molar refractivity (Wildman–Crippen MR) is 117 cm³/mol. The van der Waals surface area contributed by atoms with Crippen molar-refractivity contribution in [1.82, 2.24) is 0 Å². The Labute approximate surface area is 179 Å². The Morgan fingerprint density at radius 1 is 0.867 bits per heavy atom. The predicted octanol–water partition coefficient (Wildman–Crippen LogP) is 5.01. The summed E-state index contributed by atoms with van der Waals surface area (Å²) in [7, 11) is 0. The third kappa shape index (κ3) is 5.31. The fourth-order valence-corrected chi connectivity index (χ4v) is 4.61. The van der Waals surface area contributed by atoms with Crippen molar-refractivity contribution in [2.24, 2.45) is 5.92 Å². The quantitative estimate of drug-likeness (QED) is 0.667. The molecule has 160 valence electrons. The minimum atomic E-state index is -0.739. The summed E-state index contributed by atoms with van der Waals surface area (Å²) in [5.74, 6) is -0.0967. The highest BCUT2D eigenvalue weighted by Crippen LogP contribution is 2.40. The number of aliphatic hydroxyl groups is 1. The topological polar surface area (TPSA) is 47.9 Å². The Morgan fingerprint density at radius 2 is 1.50 bits per heavy atom. The van der Waals surface area contributed by atoms with Crippen LogP contribution in [-0.2, 0) is 27.4 Å². The van der Waals surface area contributed by atoms with Crippen LogP contribution in [0.5, 0.6) is 0 Å². The van der Waals surface area contributed by atoms with E-state index in [1.54, 1.807) is 6.26 Å². The lowest BCUT2D eigenvalue weighted by Crippen LogP contribution is -2.52. The van der Waals surface area contributed by atoms with Gasteiger partial charge in [0.25, 0.3) is 0 Å². The van der Waals surface area contributed by atoms with Crippen LogP contribution < -0.4 is 0 Å². The Bertz CT molecular complexity index is 783. The fourth-order valence-electron chi connectivity index (χ4n) is 4.61. The molecule has 0 radical (unpaired) electrons. The van der Waals surface area contributed by atoms with Crippen molar-refractivity contribution in [3.05, 3.63) is 84.1 Å². The van der Waals surface area contributed by atoms with Gasteiger partial charge >= 0.3 is 0 Å². The second kappa shape index (κ2) is 10.3. The Morgan fingerprint density at radius 3 is 2.17 bits per heavy atom. The van der Waals surface area contributed by atoms with Crippen LogP contribution in [-0.4, -0.2) is 29.5 Å². The van der Waals surface area contributed by atoms with E-state index >= 15 is 0 Å². The number of rotatable bonds is 8. The first-order valence-electron chi connectivity index (χ1n) is 11.1. The van der Waals surface area contributed by atoms with E-state index in [9.17, 15) is 5.11 Å². The van der Waals surface area contributed by atoms with Gasteiger partial charge in [-0.1, -0.05) is 79.9 Å². The van der Waals surface area contributed by atoms with Gasteiger partial charge in [0.05, 0.1) is 31.7 Å². The van der Waals surface area contributed by atoms with Gasteiger partial charge in [0.2, 0.25) is 0 Å². The SMILES string of the molecule is OC1([C@@H]2C=CO[C@H](COCc3ccccc3)[C@H]2OCc2ccccc2)CCCCC1. The molecular formula is C26H32O4. The Balaban J connectivity index is 1.45. The highest BCUT2D eigenvalue weighted by atomic mass is 16.6. The van der Waals surface area contributed by atoms with Crippen LogP contribution in [0.3, 0.4) is 0 Å². The van der Waals surface area contributed by atoms with E-state index in [4.69, 9.17) is 14.2 Å². The van der Waals surface area contributed by atoms with Crippen LogP contribution >= 0.6 is 0 Å². The van der Waals surface area contributed by atoms with Gasteiger partial charge in [-0.15, -0.1) is 0 Å². The molecule has 3 atom stereocenters. The van der Waals surface area contributed by atoms with E-state index in [0.29, 0.717) is 19.8 Å². The first kappa shape index (κ1) is 21.1. The number of hydrogen-bond acceptors (Lipinski definition) is 4. The third-order valence-corrected chi connectivity index (χ3v) is 6.28. The summed E-state index contributed by atoms with van der Waals surface area (Å²) >= 11 is 0. The standard InChI is InChI=1S/C26H32O4/c27-26(15-8-3-9-16-26)23-14-17-29-24(20-28-18-21-10-4-1-5-11-21)25(23)30-19-22-12-6-2-7-13-22/h1-2,4-7,10-14,17,23-25,27H,3,8-9,15-16,18-20H2/t23-,24-,25+/m1/s1. The van der Waals surface area contributed by atoms with Gasteiger partial charge in [0.1, 0.15) is 12.2 Å². The van der Waals surface area contributed by atoms with Gasteiger partial charge in [0.15, 0.2) is 0 Å². The maximum Gasteiger partial charge on any atom is 0.148 e. The molecule has 0 saturated heterocycles. The van der Waals surface area contributed by atoms with Crippen molar-refractivity contribution in [3.8, 4) is 0 Å². The third-order valence-electron chi connectivity index (χ3n) is 6.28. The second-order valence-corrected chi connectivity index (χ2v) is 8.46. The van der Waals surface area contributed by atoms with E-state index in [-0.39, 0.29) is 18.1 Å². The van der Waals surface area contributed by atoms with Crippen molar-refractivity contribution in [2.45, 2.75) is 63.1 Å². The largest absolute Gasteiger partial charge is 0.493 e. The molecule has 4 heteroatoms. The molecule has 0 spiro atoms. The van der Waals surface area contributed by atoms with E-state index in [1.807, 2.05) is 42.5 Å². The van der Waals surface area contributed by atoms with Gasteiger partial charge in [-0.25, -0.2) is 0 Å². The van der Waals surface area contributed by atoms with Crippen LogP contribution in [0, 0.1) is 5.92 Å². The maximum absolute atomic E-state index is 11.5. The molecule has 2 aliphatic rings. The minimum Gasteiger partial charge on any atom is -0.493 e. The Kier molecular flexibility index (Phi) is 7.21. The second-order valence-electron chi connectivity index (χ2n) is 8.46. The van der Waals surface area contributed by atoms with Gasteiger partial charge in [-0.2, -0.15) is 0 Å². The fraction of sp³-hybridized carbons (Fsp3) is 0.462. The lowest BCUT2D eigenvalue weighted by atomic mass is 9.72. The van der Waals surface area contributed by atoms with Crippen LogP contribution in [0.1, 0.15) is 43.2 Å². The van der Waals surface area contributed by atoms with Crippen molar-refractivity contribution in [2.75, 3.05) is 6.61 Å². The highest BCUT2D eigenvalue weighted by Gasteiger charge is 2.46. The summed E-state index contributed by atoms with van der Waals surface area (Å²) in [6.45, 7) is 1.44. The molecule has 1 saturated carbocycles. The minimum absolute atomic E-state index is 0.0967. The van der Waals surface area contributed by atoms with E-state index < -0.39 is 5.60 Å². The van der Waals surface area contributed by atoms with Crippen LogP contribution in [0.25, 0.3) is 0 Å². The van der Waals surface area contributed by atoms with Crippen molar-refractivity contribution < 1.29 is 19.3 Å². The summed E-state index contributed by atoms with van der Waals surface area (Å²) < 4.78 is 18.3. The summed E-state index contributed by atoms with van der Waals surface area (Å²) in [5, 5.41) is 11.5. The average Bonchev–Trinajstić information content (AvgIpc) is 2.80. The molecule has 1 fully saturated rings. The van der Waals surface area contributed by atoms with Crippen molar-refractivity contribution in [1.29, 1.82) is 0 Å². The van der Waals surface area contributed by atoms with Gasteiger partial charge in [-0.3, -0.25) is 0 Å². The molecule has 30 heavy (non-hydrogen) atoms. The van der Waals surface area contributed by atoms with E-state index in [0.717, 1.165) is 36.8 Å². The molecule has 2 aromatic rings. The van der Waals surface area contributed by atoms with Gasteiger partial charge in [-0.05, 0) is 30.0 Å². The summed E-state index contributed by atoms with van der Waals surface area (Å²) in [4.78, 5) is 0. The molecule has 0 amide bonds. The summed E-state index contributed by atoms with van der Waals surface area (Å²) in [5.41, 5.74) is 1.51. The molecule has 4 nitrogen and oxygen atoms in total. The molecule has 0 unspecified atom stereocenters. The lowest BCUT2D eigenvalue weighted by molar-refractivity contribution is -0.159. The number of benzene rings is 2. The van der Waals surface area contributed by atoms with E-state index in [2.05, 4.69) is 24.3 Å². The molecule has 1 aliphatic heterocycles. The first-order valence-corrected chi connectivity index (χ1v) is 11.1. The van der Waals surface area contributed by atoms with Gasteiger partial charge < -0.3 is 19.3 Å². The van der Waals surface area contributed by atoms with Crippen molar-refractivity contribution in [3.63, 3.8) is 0 Å². The zero-order chi connectivity index (χ0) is 20.7. The molecule has 0 aromatic heterocycles. The average molecular weight is 409 g/mol. The maximum atomic E-state index is 11.5. The van der Waals surface area contributed by atoms with E-state index in [1.165, 1.54) is 6.42 Å². The monoisotopic (exact) mass is 408 g/mol. The zero-order valence-corrected chi connectivity index (χ0v) is 17.5. The number of hydrogen-bond donors (Lipinski definition) is 1. The molecule has 2 aromatic carbocycles. The van der Waals surface area contributed by atoms with Crippen molar-refractivity contribution >= 4 is 0 Å². The van der Waals surface area contributed by atoms with Gasteiger partial charge in [0, 0.05) is 5.92 Å². The van der Waals surface area contributed by atoms with Crippen LogP contribution in [0.15, 0.2) is 73.0 Å². The Hall–Kier alpha value is -2.14. The smallest absolute Gasteiger partial charge is 0.148 e. The molecule has 0 bridgehead atoms. The molecule has 1 heterocycles. The number of ether oxygens (including phenoxy) is 3. The summed E-state index contributed by atoms with van der Waals surface area (Å²) in [6.07, 6.45) is 8.15. The molecular weight excluding hydrogens is 376 g/mol. The molecule has 1 N–H and O–H groups in total. The summed E-state index contributed by atoms with van der Waals surface area (Å²) in [6, 6.07) is 20.3. The van der Waals surface area contributed by atoms with Crippen LogP contribution in [0.2, 0.25) is 0 Å². The molecule has 4 rings (SSSR count). The normalized spacial score (nSPS) is 25.6.